The first-order valence-electron chi connectivity index (χ1n) is 6.05. The molecular formula is C12H24N2S. The maximum absolute atomic E-state index is 5.44. The number of rotatable bonds is 5. The van der Waals surface area contributed by atoms with Crippen LogP contribution in [-0.4, -0.2) is 29.1 Å². The third-order valence-electron chi connectivity index (χ3n) is 2.47. The Kier molecular flexibility index (Phi) is 4.84. The predicted molar refractivity (Wildman–Crippen MR) is 70.0 cm³/mol. The van der Waals surface area contributed by atoms with Crippen LogP contribution in [0.2, 0.25) is 0 Å². The smallest absolute Gasteiger partial charge is 0.169 e. The highest BCUT2D eigenvalue weighted by Crippen LogP contribution is 2.27. The van der Waals surface area contributed by atoms with Gasteiger partial charge in [0.05, 0.1) is 0 Å². The SMILES string of the molecule is CC(C)CNC(=S)N(CC(C)C)C1CC1. The van der Waals surface area contributed by atoms with E-state index in [1.165, 1.54) is 12.8 Å². The van der Waals surface area contributed by atoms with E-state index in [9.17, 15) is 0 Å². The number of thiocarbonyl (C=S) groups is 1. The van der Waals surface area contributed by atoms with Crippen LogP contribution in [0.15, 0.2) is 0 Å². The highest BCUT2D eigenvalue weighted by Gasteiger charge is 2.30. The van der Waals surface area contributed by atoms with Gasteiger partial charge >= 0.3 is 0 Å². The Morgan fingerprint density at radius 2 is 1.87 bits per heavy atom. The lowest BCUT2D eigenvalue weighted by molar-refractivity contribution is 0.350. The van der Waals surface area contributed by atoms with Crippen molar-refractivity contribution in [2.24, 2.45) is 11.8 Å². The van der Waals surface area contributed by atoms with Crippen molar-refractivity contribution in [2.75, 3.05) is 13.1 Å². The molecule has 0 aromatic carbocycles. The van der Waals surface area contributed by atoms with Crippen LogP contribution >= 0.6 is 12.2 Å². The van der Waals surface area contributed by atoms with Gasteiger partial charge in [-0.25, -0.2) is 0 Å². The molecule has 15 heavy (non-hydrogen) atoms. The van der Waals surface area contributed by atoms with E-state index in [0.29, 0.717) is 11.8 Å². The van der Waals surface area contributed by atoms with Crippen LogP contribution in [-0.2, 0) is 0 Å². The summed E-state index contributed by atoms with van der Waals surface area (Å²) in [6.45, 7) is 11.0. The van der Waals surface area contributed by atoms with Crippen molar-refractivity contribution in [3.63, 3.8) is 0 Å². The fourth-order valence-electron chi connectivity index (χ4n) is 1.57. The molecule has 0 radical (unpaired) electrons. The van der Waals surface area contributed by atoms with Crippen LogP contribution < -0.4 is 5.32 Å². The summed E-state index contributed by atoms with van der Waals surface area (Å²) >= 11 is 5.44. The Morgan fingerprint density at radius 3 is 2.27 bits per heavy atom. The molecule has 1 fully saturated rings. The van der Waals surface area contributed by atoms with Crippen molar-refractivity contribution in [2.45, 2.75) is 46.6 Å². The molecular weight excluding hydrogens is 204 g/mol. The molecule has 0 aliphatic heterocycles. The number of nitrogens with one attached hydrogen (secondary N) is 1. The van der Waals surface area contributed by atoms with Crippen LogP contribution in [0.4, 0.5) is 0 Å². The van der Waals surface area contributed by atoms with Crippen molar-refractivity contribution in [3.8, 4) is 0 Å². The molecule has 88 valence electrons. The minimum atomic E-state index is 0.656. The molecule has 1 saturated carbocycles. The van der Waals surface area contributed by atoms with Gasteiger partial charge in [-0.15, -0.1) is 0 Å². The quantitative estimate of drug-likeness (QED) is 0.728. The zero-order chi connectivity index (χ0) is 11.4. The van der Waals surface area contributed by atoms with Crippen LogP contribution in [0, 0.1) is 11.8 Å². The topological polar surface area (TPSA) is 15.3 Å². The van der Waals surface area contributed by atoms with Crippen molar-refractivity contribution >= 4 is 17.3 Å². The Hall–Kier alpha value is -0.310. The van der Waals surface area contributed by atoms with E-state index in [1.807, 2.05) is 0 Å². The minimum Gasteiger partial charge on any atom is -0.362 e. The summed E-state index contributed by atoms with van der Waals surface area (Å²) in [4.78, 5) is 2.38. The summed E-state index contributed by atoms with van der Waals surface area (Å²) in [5.41, 5.74) is 0. The fourth-order valence-corrected chi connectivity index (χ4v) is 1.88. The van der Waals surface area contributed by atoms with Gasteiger partial charge in [0.25, 0.3) is 0 Å². The first-order valence-corrected chi connectivity index (χ1v) is 6.46. The predicted octanol–water partition coefficient (Wildman–Crippen LogP) is 2.64. The Balaban J connectivity index is 2.37. The van der Waals surface area contributed by atoms with E-state index in [0.717, 1.165) is 24.2 Å². The largest absolute Gasteiger partial charge is 0.362 e. The van der Waals surface area contributed by atoms with Crippen molar-refractivity contribution in [1.82, 2.24) is 10.2 Å². The van der Waals surface area contributed by atoms with E-state index < -0.39 is 0 Å². The lowest BCUT2D eigenvalue weighted by Crippen LogP contribution is -2.44. The molecule has 1 aliphatic rings. The normalized spacial score (nSPS) is 15.9. The summed E-state index contributed by atoms with van der Waals surface area (Å²) in [6, 6.07) is 0.722. The van der Waals surface area contributed by atoms with E-state index in [4.69, 9.17) is 12.2 Å². The molecule has 0 unspecified atom stereocenters. The Morgan fingerprint density at radius 1 is 1.27 bits per heavy atom. The van der Waals surface area contributed by atoms with Crippen LogP contribution in [0.3, 0.4) is 0 Å². The summed E-state index contributed by atoms with van der Waals surface area (Å²) in [5.74, 6) is 1.34. The van der Waals surface area contributed by atoms with Crippen LogP contribution in [0.25, 0.3) is 0 Å². The van der Waals surface area contributed by atoms with E-state index >= 15 is 0 Å². The van der Waals surface area contributed by atoms with E-state index in [-0.39, 0.29) is 0 Å². The molecule has 0 aromatic rings. The monoisotopic (exact) mass is 228 g/mol. The zero-order valence-corrected chi connectivity index (χ0v) is 11.2. The fraction of sp³-hybridized carbons (Fsp3) is 0.917. The van der Waals surface area contributed by atoms with Crippen molar-refractivity contribution in [3.05, 3.63) is 0 Å². The third kappa shape index (κ3) is 4.83. The summed E-state index contributed by atoms with van der Waals surface area (Å²) < 4.78 is 0. The first kappa shape index (κ1) is 12.8. The second-order valence-electron chi connectivity index (χ2n) is 5.36. The lowest BCUT2D eigenvalue weighted by atomic mass is 10.2. The molecule has 1 N–H and O–H groups in total. The highest BCUT2D eigenvalue weighted by molar-refractivity contribution is 7.80. The van der Waals surface area contributed by atoms with Gasteiger partial charge in [0.2, 0.25) is 0 Å². The van der Waals surface area contributed by atoms with Crippen LogP contribution in [0.1, 0.15) is 40.5 Å². The molecule has 0 heterocycles. The maximum Gasteiger partial charge on any atom is 0.169 e. The van der Waals surface area contributed by atoms with Crippen molar-refractivity contribution < 1.29 is 0 Å². The van der Waals surface area contributed by atoms with Gasteiger partial charge in [-0.1, -0.05) is 27.7 Å². The lowest BCUT2D eigenvalue weighted by Gasteiger charge is -2.28. The molecule has 0 aromatic heterocycles. The van der Waals surface area contributed by atoms with Gasteiger partial charge in [0.15, 0.2) is 5.11 Å². The molecule has 0 bridgehead atoms. The summed E-state index contributed by atoms with van der Waals surface area (Å²) in [5, 5.41) is 4.32. The molecule has 3 heteroatoms. The second-order valence-corrected chi connectivity index (χ2v) is 5.74. The molecule has 1 rings (SSSR count). The van der Waals surface area contributed by atoms with Gasteiger partial charge in [0.1, 0.15) is 0 Å². The second kappa shape index (κ2) is 5.69. The number of hydrogen-bond acceptors (Lipinski definition) is 1. The number of nitrogens with zero attached hydrogens (tertiary/aromatic N) is 1. The van der Waals surface area contributed by atoms with Crippen molar-refractivity contribution in [1.29, 1.82) is 0 Å². The molecule has 1 aliphatic carbocycles. The molecule has 2 nitrogen and oxygen atoms in total. The zero-order valence-electron chi connectivity index (χ0n) is 10.4. The first-order chi connectivity index (χ1) is 7.00. The van der Waals surface area contributed by atoms with Gasteiger partial charge in [0, 0.05) is 19.1 Å². The molecule has 0 spiro atoms. The summed E-state index contributed by atoms with van der Waals surface area (Å²) in [6.07, 6.45) is 2.63. The molecule has 0 atom stereocenters. The highest BCUT2D eigenvalue weighted by atomic mass is 32.1. The van der Waals surface area contributed by atoms with Gasteiger partial charge in [-0.2, -0.15) is 0 Å². The Labute approximate surface area is 99.4 Å². The molecule has 0 saturated heterocycles. The number of hydrogen-bond donors (Lipinski definition) is 1. The molecule has 0 amide bonds. The van der Waals surface area contributed by atoms with Crippen LogP contribution in [0.5, 0.6) is 0 Å². The standard InChI is InChI=1S/C12H24N2S/c1-9(2)7-13-12(15)14(8-10(3)4)11-5-6-11/h9-11H,5-8H2,1-4H3,(H,13,15). The van der Waals surface area contributed by atoms with E-state index in [2.05, 4.69) is 37.9 Å². The maximum atomic E-state index is 5.44. The average Bonchev–Trinajstić information content (AvgIpc) is 2.93. The van der Waals surface area contributed by atoms with Gasteiger partial charge in [-0.3, -0.25) is 0 Å². The Bertz CT molecular complexity index is 210. The van der Waals surface area contributed by atoms with Gasteiger partial charge in [-0.05, 0) is 36.9 Å². The van der Waals surface area contributed by atoms with E-state index in [1.54, 1.807) is 0 Å². The minimum absolute atomic E-state index is 0.656. The third-order valence-corrected chi connectivity index (χ3v) is 2.85. The average molecular weight is 228 g/mol. The summed E-state index contributed by atoms with van der Waals surface area (Å²) in [7, 11) is 0. The van der Waals surface area contributed by atoms with Gasteiger partial charge < -0.3 is 10.2 Å².